The Morgan fingerprint density at radius 1 is 1.10 bits per heavy atom. The Morgan fingerprint density at radius 3 is 2.57 bits per heavy atom. The molecule has 1 fully saturated rings. The highest BCUT2D eigenvalue weighted by Gasteiger charge is 2.33. The lowest BCUT2D eigenvalue weighted by atomic mass is 9.95. The molecular weight excluding hydrogens is 380 g/mol. The largest absolute Gasteiger partial charge is 0.483 e. The number of benzene rings is 2. The Bertz CT molecular complexity index is 918. The predicted molar refractivity (Wildman–Crippen MR) is 115 cm³/mol. The minimum absolute atomic E-state index is 0.0177. The van der Waals surface area contributed by atoms with Gasteiger partial charge in [-0.3, -0.25) is 9.59 Å². The van der Waals surface area contributed by atoms with Crippen LogP contribution in [0.15, 0.2) is 48.5 Å². The van der Waals surface area contributed by atoms with Crippen LogP contribution in [-0.4, -0.2) is 42.0 Å². The van der Waals surface area contributed by atoms with Gasteiger partial charge in [0, 0.05) is 36.7 Å². The number of hydrogen-bond acceptors (Lipinski definition) is 4. The van der Waals surface area contributed by atoms with Crippen LogP contribution in [0.3, 0.4) is 0 Å². The van der Waals surface area contributed by atoms with Crippen molar-refractivity contribution < 1.29 is 19.1 Å². The molecule has 0 radical (unpaired) electrons. The lowest BCUT2D eigenvalue weighted by Crippen LogP contribution is -2.43. The maximum Gasteiger partial charge on any atom is 0.260 e. The third kappa shape index (κ3) is 4.58. The van der Waals surface area contributed by atoms with Crippen LogP contribution in [-0.2, 0) is 16.0 Å². The van der Waals surface area contributed by atoms with E-state index in [0.29, 0.717) is 31.7 Å². The van der Waals surface area contributed by atoms with Crippen LogP contribution in [0.4, 0.5) is 5.69 Å². The molecule has 6 nitrogen and oxygen atoms in total. The van der Waals surface area contributed by atoms with Crippen LogP contribution in [0.2, 0.25) is 0 Å². The second kappa shape index (κ2) is 8.38. The summed E-state index contributed by atoms with van der Waals surface area (Å²) in [6.45, 7) is 5.18. The third-order valence-electron chi connectivity index (χ3n) is 5.67. The molecule has 0 atom stereocenters. The monoisotopic (exact) mass is 408 g/mol. The van der Waals surface area contributed by atoms with Crippen molar-refractivity contribution in [3.63, 3.8) is 0 Å². The minimum atomic E-state index is -0.256. The first-order valence-electron chi connectivity index (χ1n) is 10.5. The number of amides is 2. The quantitative estimate of drug-likeness (QED) is 0.820. The van der Waals surface area contributed by atoms with Gasteiger partial charge < -0.3 is 19.7 Å². The summed E-state index contributed by atoms with van der Waals surface area (Å²) in [4.78, 5) is 26.9. The van der Waals surface area contributed by atoms with Crippen LogP contribution in [0.5, 0.6) is 11.5 Å². The number of carbonyl (C=O) groups excluding carboxylic acids is 2. The molecule has 2 aliphatic heterocycles. The molecule has 0 aliphatic carbocycles. The van der Waals surface area contributed by atoms with Gasteiger partial charge in [0.25, 0.3) is 5.91 Å². The summed E-state index contributed by atoms with van der Waals surface area (Å²) in [6.07, 6.45) is 2.14. The van der Waals surface area contributed by atoms with E-state index in [1.54, 1.807) is 4.90 Å². The number of para-hydroxylation sites is 2. The summed E-state index contributed by atoms with van der Waals surface area (Å²) in [7, 11) is 0. The fourth-order valence-electron chi connectivity index (χ4n) is 4.09. The molecule has 2 aromatic carbocycles. The van der Waals surface area contributed by atoms with Crippen molar-refractivity contribution >= 4 is 17.5 Å². The number of piperidine rings is 1. The van der Waals surface area contributed by atoms with Crippen molar-refractivity contribution in [2.45, 2.75) is 38.7 Å². The normalized spacial score (nSPS) is 17.7. The zero-order chi connectivity index (χ0) is 21.1. The molecule has 30 heavy (non-hydrogen) atoms. The van der Waals surface area contributed by atoms with Gasteiger partial charge in [0.1, 0.15) is 5.60 Å². The molecular formula is C24H28N2O4. The van der Waals surface area contributed by atoms with Gasteiger partial charge in [0.05, 0.1) is 0 Å². The first kappa shape index (κ1) is 20.3. The van der Waals surface area contributed by atoms with Gasteiger partial charge in [-0.25, -0.2) is 0 Å². The Hall–Kier alpha value is -3.02. The zero-order valence-corrected chi connectivity index (χ0v) is 17.5. The Labute approximate surface area is 177 Å². The zero-order valence-electron chi connectivity index (χ0n) is 17.5. The fourth-order valence-corrected chi connectivity index (χ4v) is 4.09. The summed E-state index contributed by atoms with van der Waals surface area (Å²) in [6, 6.07) is 15.3. The molecule has 0 bridgehead atoms. The molecule has 2 heterocycles. The first-order valence-corrected chi connectivity index (χ1v) is 10.5. The van der Waals surface area contributed by atoms with Crippen molar-refractivity contribution in [1.29, 1.82) is 0 Å². The van der Waals surface area contributed by atoms with E-state index < -0.39 is 0 Å². The van der Waals surface area contributed by atoms with Gasteiger partial charge in [-0.05, 0) is 44.9 Å². The summed E-state index contributed by atoms with van der Waals surface area (Å²) < 4.78 is 11.8. The standard InChI is InChI=1S/C24H28N2O4/c1-24(2)15-18-7-6-10-20(22(18)30-24)29-16-21(27)26-13-11-17(12-14-26)23(28)25-19-8-4-3-5-9-19/h3-10,17H,11-16H2,1-2H3,(H,25,28). The van der Waals surface area contributed by atoms with Gasteiger partial charge >= 0.3 is 0 Å². The molecule has 1 saturated heterocycles. The van der Waals surface area contributed by atoms with Gasteiger partial charge in [-0.2, -0.15) is 0 Å². The van der Waals surface area contributed by atoms with Gasteiger partial charge in [0.15, 0.2) is 18.1 Å². The molecule has 0 saturated carbocycles. The summed E-state index contributed by atoms with van der Waals surface area (Å²) in [5.41, 5.74) is 1.65. The van der Waals surface area contributed by atoms with Crippen molar-refractivity contribution in [2.24, 2.45) is 5.92 Å². The van der Waals surface area contributed by atoms with Crippen molar-refractivity contribution in [1.82, 2.24) is 4.90 Å². The van der Waals surface area contributed by atoms with E-state index in [1.165, 1.54) is 0 Å². The van der Waals surface area contributed by atoms with Gasteiger partial charge in [-0.1, -0.05) is 30.3 Å². The number of fused-ring (bicyclic) bond motifs is 1. The van der Waals surface area contributed by atoms with E-state index in [4.69, 9.17) is 9.47 Å². The molecule has 6 heteroatoms. The molecule has 2 amide bonds. The summed E-state index contributed by atoms with van der Waals surface area (Å²) in [5.74, 6) is 1.23. The van der Waals surface area contributed by atoms with Crippen LogP contribution in [0.1, 0.15) is 32.3 Å². The number of nitrogens with zero attached hydrogens (tertiary/aromatic N) is 1. The van der Waals surface area contributed by atoms with Crippen molar-refractivity contribution in [3.8, 4) is 11.5 Å². The topological polar surface area (TPSA) is 67.9 Å². The fraction of sp³-hybridized carbons (Fsp3) is 0.417. The van der Waals surface area contributed by atoms with E-state index in [-0.39, 0.29) is 29.9 Å². The van der Waals surface area contributed by atoms with E-state index in [9.17, 15) is 9.59 Å². The van der Waals surface area contributed by atoms with E-state index >= 15 is 0 Å². The highest BCUT2D eigenvalue weighted by molar-refractivity contribution is 5.92. The van der Waals surface area contributed by atoms with Crippen LogP contribution in [0, 0.1) is 5.92 Å². The highest BCUT2D eigenvalue weighted by Crippen LogP contribution is 2.41. The second-order valence-electron chi connectivity index (χ2n) is 8.58. The second-order valence-corrected chi connectivity index (χ2v) is 8.58. The van der Waals surface area contributed by atoms with Crippen LogP contribution >= 0.6 is 0 Å². The lowest BCUT2D eigenvalue weighted by Gasteiger charge is -2.31. The number of ether oxygens (including phenoxy) is 2. The number of nitrogens with one attached hydrogen (secondary N) is 1. The Balaban J connectivity index is 1.27. The number of anilines is 1. The lowest BCUT2D eigenvalue weighted by molar-refractivity contribution is -0.136. The molecule has 0 aromatic heterocycles. The van der Waals surface area contributed by atoms with Crippen LogP contribution < -0.4 is 14.8 Å². The third-order valence-corrected chi connectivity index (χ3v) is 5.67. The number of carbonyl (C=O) groups is 2. The molecule has 4 rings (SSSR count). The molecule has 2 aromatic rings. The SMILES string of the molecule is CC1(C)Cc2cccc(OCC(=O)N3CCC(C(=O)Nc4ccccc4)CC3)c2O1. The maximum atomic E-state index is 12.6. The maximum absolute atomic E-state index is 12.6. The number of likely N-dealkylation sites (tertiary alicyclic amines) is 1. The average molecular weight is 408 g/mol. The van der Waals surface area contributed by atoms with Gasteiger partial charge in [0.2, 0.25) is 5.91 Å². The van der Waals surface area contributed by atoms with Crippen molar-refractivity contribution in [3.05, 3.63) is 54.1 Å². The summed E-state index contributed by atoms with van der Waals surface area (Å²) in [5, 5.41) is 2.95. The van der Waals surface area contributed by atoms with Crippen molar-refractivity contribution in [2.75, 3.05) is 25.0 Å². The van der Waals surface area contributed by atoms with E-state index in [0.717, 1.165) is 23.4 Å². The molecule has 158 valence electrons. The molecule has 2 aliphatic rings. The number of rotatable bonds is 5. The molecule has 0 spiro atoms. The number of hydrogen-bond donors (Lipinski definition) is 1. The van der Waals surface area contributed by atoms with Crippen LogP contribution in [0.25, 0.3) is 0 Å². The Morgan fingerprint density at radius 2 is 1.83 bits per heavy atom. The first-order chi connectivity index (χ1) is 14.4. The van der Waals surface area contributed by atoms with E-state index in [2.05, 4.69) is 5.32 Å². The smallest absolute Gasteiger partial charge is 0.260 e. The minimum Gasteiger partial charge on any atom is -0.483 e. The average Bonchev–Trinajstić information content (AvgIpc) is 3.07. The Kier molecular flexibility index (Phi) is 5.66. The summed E-state index contributed by atoms with van der Waals surface area (Å²) >= 11 is 0. The van der Waals surface area contributed by atoms with Gasteiger partial charge in [-0.15, -0.1) is 0 Å². The molecule has 0 unspecified atom stereocenters. The predicted octanol–water partition coefficient (Wildman–Crippen LogP) is 3.66. The highest BCUT2D eigenvalue weighted by atomic mass is 16.5. The van der Waals surface area contributed by atoms with E-state index in [1.807, 2.05) is 62.4 Å². The molecule has 1 N–H and O–H groups in total.